The lowest BCUT2D eigenvalue weighted by molar-refractivity contribution is 0.0123. The molecule has 196 valence electrons. The maximum absolute atomic E-state index is 15.3. The highest BCUT2D eigenvalue weighted by Gasteiger charge is 2.45. The Morgan fingerprint density at radius 2 is 1.92 bits per heavy atom. The van der Waals surface area contributed by atoms with Gasteiger partial charge in [-0.05, 0) is 82.0 Å². The Hall–Kier alpha value is -1.91. The zero-order chi connectivity index (χ0) is 25.8. The van der Waals surface area contributed by atoms with E-state index >= 15 is 4.39 Å². The van der Waals surface area contributed by atoms with Gasteiger partial charge in [0.1, 0.15) is 23.5 Å². The fourth-order valence-electron chi connectivity index (χ4n) is 5.49. The molecule has 5 rings (SSSR count). The van der Waals surface area contributed by atoms with Gasteiger partial charge in [0.2, 0.25) is 0 Å². The van der Waals surface area contributed by atoms with E-state index in [4.69, 9.17) is 26.1 Å². The highest BCUT2D eigenvalue weighted by Crippen LogP contribution is 2.39. The lowest BCUT2D eigenvalue weighted by atomic mass is 10.1. The second kappa shape index (κ2) is 9.76. The third-order valence-electron chi connectivity index (χ3n) is 7.25. The number of rotatable bonds is 4. The molecule has 3 atom stereocenters. The molecule has 4 heterocycles. The van der Waals surface area contributed by atoms with Gasteiger partial charge in [-0.25, -0.2) is 9.18 Å². The van der Waals surface area contributed by atoms with E-state index in [2.05, 4.69) is 37.8 Å². The molecular weight excluding hydrogens is 553 g/mol. The number of likely N-dealkylation sites (N-methyl/N-ethyl adjacent to an activating group) is 1. The minimum atomic E-state index is -0.558. The SMILES string of the molecule is CN1CCC[C@H]1COc1nc(N2C[C@@H]3CC[C@@H](C2)N3C(=O)OC(C)(C)C)c2cc(Cl)c(Br)c(F)c2n1. The van der Waals surface area contributed by atoms with E-state index in [1.54, 1.807) is 6.07 Å². The molecule has 36 heavy (non-hydrogen) atoms. The van der Waals surface area contributed by atoms with Gasteiger partial charge >= 0.3 is 12.1 Å². The van der Waals surface area contributed by atoms with Crippen LogP contribution in [0.4, 0.5) is 15.0 Å². The normalized spacial score (nSPS) is 24.6. The first-order valence-corrected chi connectivity index (χ1v) is 13.6. The molecule has 8 nitrogen and oxygen atoms in total. The summed E-state index contributed by atoms with van der Waals surface area (Å²) in [7, 11) is 2.08. The Morgan fingerprint density at radius 1 is 1.22 bits per heavy atom. The summed E-state index contributed by atoms with van der Waals surface area (Å²) in [6.07, 6.45) is 3.63. The van der Waals surface area contributed by atoms with E-state index in [-0.39, 0.29) is 45.2 Å². The maximum Gasteiger partial charge on any atom is 0.410 e. The fourth-order valence-corrected chi connectivity index (χ4v) is 5.99. The van der Waals surface area contributed by atoms with Crippen LogP contribution < -0.4 is 9.64 Å². The van der Waals surface area contributed by atoms with E-state index in [0.717, 1.165) is 32.2 Å². The summed E-state index contributed by atoms with van der Waals surface area (Å²) in [5.74, 6) is 0.0307. The van der Waals surface area contributed by atoms with Crippen LogP contribution >= 0.6 is 27.5 Å². The fraction of sp³-hybridized carbons (Fsp3) is 0.640. The number of aromatic nitrogens is 2. The molecule has 1 aromatic carbocycles. The highest BCUT2D eigenvalue weighted by molar-refractivity contribution is 9.10. The van der Waals surface area contributed by atoms with Crippen LogP contribution in [0.1, 0.15) is 46.5 Å². The maximum atomic E-state index is 15.3. The number of hydrogen-bond donors (Lipinski definition) is 0. The number of nitrogens with zero attached hydrogens (tertiary/aromatic N) is 5. The molecule has 0 aliphatic carbocycles. The van der Waals surface area contributed by atoms with Gasteiger partial charge in [-0.3, -0.25) is 4.90 Å². The largest absolute Gasteiger partial charge is 0.462 e. The molecule has 0 unspecified atom stereocenters. The first-order chi connectivity index (χ1) is 17.0. The van der Waals surface area contributed by atoms with Gasteiger partial charge in [0.15, 0.2) is 5.82 Å². The number of halogens is 3. The van der Waals surface area contributed by atoms with E-state index in [1.807, 2.05) is 25.7 Å². The van der Waals surface area contributed by atoms with Gasteiger partial charge in [0, 0.05) is 24.5 Å². The molecule has 1 amide bonds. The summed E-state index contributed by atoms with van der Waals surface area (Å²) >= 11 is 9.57. The van der Waals surface area contributed by atoms with Crippen molar-refractivity contribution >= 4 is 50.3 Å². The van der Waals surface area contributed by atoms with Crippen LogP contribution in [0.25, 0.3) is 10.9 Å². The van der Waals surface area contributed by atoms with Crippen LogP contribution in [-0.2, 0) is 4.74 Å². The number of fused-ring (bicyclic) bond motifs is 3. The number of carbonyl (C=O) groups excluding carboxylic acids is 1. The Labute approximate surface area is 224 Å². The molecule has 1 aromatic heterocycles. The highest BCUT2D eigenvalue weighted by atomic mass is 79.9. The van der Waals surface area contributed by atoms with Gasteiger partial charge in [-0.1, -0.05) is 11.6 Å². The summed E-state index contributed by atoms with van der Waals surface area (Å²) in [6.45, 7) is 8.20. The first kappa shape index (κ1) is 25.7. The minimum Gasteiger partial charge on any atom is -0.462 e. The third-order valence-corrected chi connectivity index (χ3v) is 8.55. The molecule has 11 heteroatoms. The van der Waals surface area contributed by atoms with Crippen molar-refractivity contribution in [3.05, 3.63) is 21.4 Å². The van der Waals surface area contributed by atoms with Crippen LogP contribution in [0.5, 0.6) is 6.01 Å². The van der Waals surface area contributed by atoms with Crippen molar-refractivity contribution in [3.63, 3.8) is 0 Å². The van der Waals surface area contributed by atoms with E-state index in [1.165, 1.54) is 0 Å². The summed E-state index contributed by atoms with van der Waals surface area (Å²) < 4.78 is 27.2. The molecule has 0 saturated carbocycles. The summed E-state index contributed by atoms with van der Waals surface area (Å²) in [5.41, 5.74) is -0.398. The topological polar surface area (TPSA) is 71.0 Å². The van der Waals surface area contributed by atoms with Crippen molar-refractivity contribution in [3.8, 4) is 6.01 Å². The van der Waals surface area contributed by atoms with Crippen LogP contribution in [-0.4, -0.2) is 82.9 Å². The van der Waals surface area contributed by atoms with Crippen molar-refractivity contribution in [2.45, 2.75) is 70.2 Å². The van der Waals surface area contributed by atoms with Gasteiger partial charge in [-0.2, -0.15) is 9.97 Å². The molecule has 3 saturated heterocycles. The molecule has 3 fully saturated rings. The second-order valence-electron chi connectivity index (χ2n) is 11.0. The predicted molar refractivity (Wildman–Crippen MR) is 140 cm³/mol. The van der Waals surface area contributed by atoms with Crippen molar-refractivity contribution < 1.29 is 18.7 Å². The van der Waals surface area contributed by atoms with Crippen LogP contribution in [0.15, 0.2) is 10.5 Å². The molecule has 3 aliphatic heterocycles. The number of benzene rings is 1. The quantitative estimate of drug-likeness (QED) is 0.455. The lowest BCUT2D eigenvalue weighted by Crippen LogP contribution is -2.57. The molecule has 0 N–H and O–H groups in total. The molecular formula is C25H32BrClFN5O3. The lowest BCUT2D eigenvalue weighted by Gasteiger charge is -2.42. The third kappa shape index (κ3) is 4.96. The number of hydrogen-bond acceptors (Lipinski definition) is 7. The van der Waals surface area contributed by atoms with E-state index in [0.29, 0.717) is 30.9 Å². The molecule has 2 bridgehead atoms. The average Bonchev–Trinajstić information content (AvgIpc) is 3.34. The number of likely N-dealkylation sites (tertiary alicyclic amines) is 1. The Balaban J connectivity index is 1.46. The predicted octanol–water partition coefficient (Wildman–Crippen LogP) is 5.25. The summed E-state index contributed by atoms with van der Waals surface area (Å²) in [6, 6.07) is 2.08. The zero-order valence-corrected chi connectivity index (χ0v) is 23.4. The Kier molecular flexibility index (Phi) is 6.97. The van der Waals surface area contributed by atoms with Crippen molar-refractivity contribution in [1.29, 1.82) is 0 Å². The summed E-state index contributed by atoms with van der Waals surface area (Å²) in [5, 5.41) is 0.776. The number of anilines is 1. The average molecular weight is 585 g/mol. The first-order valence-electron chi connectivity index (χ1n) is 12.5. The van der Waals surface area contributed by atoms with Gasteiger partial charge in [0.05, 0.1) is 21.6 Å². The van der Waals surface area contributed by atoms with Crippen LogP contribution in [0.3, 0.4) is 0 Å². The second-order valence-corrected chi connectivity index (χ2v) is 12.2. The molecule has 0 spiro atoms. The zero-order valence-electron chi connectivity index (χ0n) is 21.1. The Bertz CT molecular complexity index is 1160. The van der Waals surface area contributed by atoms with Crippen LogP contribution in [0.2, 0.25) is 5.02 Å². The molecule has 3 aliphatic rings. The van der Waals surface area contributed by atoms with Gasteiger partial charge in [-0.15, -0.1) is 0 Å². The Morgan fingerprint density at radius 3 is 2.53 bits per heavy atom. The van der Waals surface area contributed by atoms with Crippen molar-refractivity contribution in [2.75, 3.05) is 38.2 Å². The smallest absolute Gasteiger partial charge is 0.410 e. The minimum absolute atomic E-state index is 0.0177. The van der Waals surface area contributed by atoms with Crippen molar-refractivity contribution in [1.82, 2.24) is 19.8 Å². The van der Waals surface area contributed by atoms with Crippen LogP contribution in [0, 0.1) is 5.82 Å². The summed E-state index contributed by atoms with van der Waals surface area (Å²) in [4.78, 5) is 28.3. The molecule has 2 aromatic rings. The van der Waals surface area contributed by atoms with Gasteiger partial charge < -0.3 is 19.3 Å². The molecule has 0 radical (unpaired) electrons. The van der Waals surface area contributed by atoms with E-state index in [9.17, 15) is 4.79 Å². The number of piperazine rings is 1. The van der Waals surface area contributed by atoms with Crippen molar-refractivity contribution in [2.24, 2.45) is 0 Å². The van der Waals surface area contributed by atoms with E-state index < -0.39 is 11.4 Å². The number of amides is 1. The number of carbonyl (C=O) groups is 1. The van der Waals surface area contributed by atoms with Gasteiger partial charge in [0.25, 0.3) is 0 Å². The number of ether oxygens (including phenoxy) is 2. The monoisotopic (exact) mass is 583 g/mol. The standard InChI is InChI=1S/C25H32BrClFN5O3/c1-25(2,3)36-24(34)33-14-7-8-15(33)12-32(11-14)22-17-10-18(27)19(26)20(28)21(17)29-23(30-22)35-13-16-6-5-9-31(16)4/h10,14-16H,5-9,11-13H2,1-4H3/t14-,15-,16-/m0/s1.